The molecule has 1 atom stereocenters. The van der Waals surface area contributed by atoms with Gasteiger partial charge >= 0.3 is 0 Å². The van der Waals surface area contributed by atoms with Crippen LogP contribution in [0.3, 0.4) is 0 Å². The van der Waals surface area contributed by atoms with Crippen molar-refractivity contribution >= 4 is 11.3 Å². The highest BCUT2D eigenvalue weighted by Crippen LogP contribution is 2.31. The zero-order valence-electron chi connectivity index (χ0n) is 12.7. The average Bonchev–Trinajstić information content (AvgIpc) is 2.96. The molecule has 1 N–H and O–H groups in total. The minimum atomic E-state index is 0.774. The van der Waals surface area contributed by atoms with E-state index in [-0.39, 0.29) is 0 Å². The van der Waals surface area contributed by atoms with Gasteiger partial charge in [0.2, 0.25) is 0 Å². The summed E-state index contributed by atoms with van der Waals surface area (Å²) in [5.74, 6) is 0.933. The van der Waals surface area contributed by atoms with Crippen molar-refractivity contribution in [2.75, 3.05) is 19.6 Å². The van der Waals surface area contributed by atoms with Crippen molar-refractivity contribution in [1.29, 1.82) is 0 Å². The van der Waals surface area contributed by atoms with Crippen LogP contribution in [-0.2, 0) is 13.0 Å². The smallest absolute Gasteiger partial charge is 0.0332 e. The third kappa shape index (κ3) is 3.44. The molecule has 1 aromatic heterocycles. The van der Waals surface area contributed by atoms with Crippen molar-refractivity contribution in [3.05, 3.63) is 21.9 Å². The van der Waals surface area contributed by atoms with Crippen LogP contribution in [0.15, 0.2) is 12.1 Å². The van der Waals surface area contributed by atoms with Crippen LogP contribution < -0.4 is 5.32 Å². The first-order valence-corrected chi connectivity index (χ1v) is 9.21. The first-order chi connectivity index (χ1) is 9.86. The van der Waals surface area contributed by atoms with Gasteiger partial charge in [-0.3, -0.25) is 4.90 Å². The highest BCUT2D eigenvalue weighted by molar-refractivity contribution is 7.11. The van der Waals surface area contributed by atoms with Crippen molar-refractivity contribution < 1.29 is 0 Å². The third-order valence-electron chi connectivity index (χ3n) is 5.02. The zero-order valence-corrected chi connectivity index (χ0v) is 13.6. The number of rotatable bonds is 4. The Morgan fingerprint density at radius 2 is 2.00 bits per heavy atom. The van der Waals surface area contributed by atoms with E-state index in [0.29, 0.717) is 0 Å². The number of thiophene rings is 1. The first-order valence-electron chi connectivity index (χ1n) is 8.39. The average molecular weight is 292 g/mol. The van der Waals surface area contributed by atoms with Crippen LogP contribution in [0.5, 0.6) is 0 Å². The Morgan fingerprint density at radius 3 is 2.75 bits per heavy atom. The van der Waals surface area contributed by atoms with Gasteiger partial charge in [-0.15, -0.1) is 11.3 Å². The van der Waals surface area contributed by atoms with Crippen LogP contribution in [0.4, 0.5) is 0 Å². The molecule has 3 heteroatoms. The lowest BCUT2D eigenvalue weighted by Gasteiger charge is -2.42. The summed E-state index contributed by atoms with van der Waals surface area (Å²) in [7, 11) is 0. The summed E-state index contributed by atoms with van der Waals surface area (Å²) in [6.07, 6.45) is 8.45. The number of nitrogens with zero attached hydrogens (tertiary/aromatic N) is 1. The van der Waals surface area contributed by atoms with Crippen molar-refractivity contribution in [1.82, 2.24) is 10.2 Å². The Morgan fingerprint density at radius 1 is 1.20 bits per heavy atom. The summed E-state index contributed by atoms with van der Waals surface area (Å²) >= 11 is 2.01. The highest BCUT2D eigenvalue weighted by atomic mass is 32.1. The van der Waals surface area contributed by atoms with Gasteiger partial charge in [-0.2, -0.15) is 0 Å². The van der Waals surface area contributed by atoms with Gasteiger partial charge in [0.05, 0.1) is 0 Å². The molecule has 3 rings (SSSR count). The van der Waals surface area contributed by atoms with Gasteiger partial charge in [0.1, 0.15) is 0 Å². The second-order valence-corrected chi connectivity index (χ2v) is 7.61. The monoisotopic (exact) mass is 292 g/mol. The molecule has 1 saturated heterocycles. The molecule has 0 radical (unpaired) electrons. The van der Waals surface area contributed by atoms with Gasteiger partial charge in [0.25, 0.3) is 0 Å². The van der Waals surface area contributed by atoms with E-state index >= 15 is 0 Å². The molecule has 0 aromatic carbocycles. The fraction of sp³-hybridized carbons (Fsp3) is 0.765. The molecule has 2 heterocycles. The lowest BCUT2D eigenvalue weighted by Crippen LogP contribution is -2.54. The number of piperazine rings is 1. The normalized spacial score (nSPS) is 25.9. The maximum absolute atomic E-state index is 3.63. The Labute approximate surface area is 127 Å². The molecule has 0 amide bonds. The largest absolute Gasteiger partial charge is 0.314 e. The molecule has 1 aliphatic heterocycles. The van der Waals surface area contributed by atoms with Crippen molar-refractivity contribution in [2.45, 2.75) is 58.0 Å². The standard InChI is InChI=1S/C17H28N2S/c1-2-15-8-9-16(20-15)13-19-11-10-18-12-17(19)14-6-4-3-5-7-14/h8-9,14,17-18H,2-7,10-13H2,1H3. The predicted octanol–water partition coefficient (Wildman–Crippen LogP) is 3.66. The molecule has 0 spiro atoms. The minimum absolute atomic E-state index is 0.774. The predicted molar refractivity (Wildman–Crippen MR) is 87.3 cm³/mol. The molecule has 1 aliphatic carbocycles. The van der Waals surface area contributed by atoms with Crippen LogP contribution >= 0.6 is 11.3 Å². The van der Waals surface area contributed by atoms with E-state index in [2.05, 4.69) is 29.3 Å². The molecule has 1 saturated carbocycles. The fourth-order valence-corrected chi connectivity index (χ4v) is 4.83. The first kappa shape index (κ1) is 14.6. The Hall–Kier alpha value is -0.380. The van der Waals surface area contributed by atoms with Crippen molar-refractivity contribution in [3.63, 3.8) is 0 Å². The molecular formula is C17H28N2S. The summed E-state index contributed by atoms with van der Waals surface area (Å²) in [5, 5.41) is 3.63. The van der Waals surface area contributed by atoms with Crippen LogP contribution in [0.2, 0.25) is 0 Å². The zero-order chi connectivity index (χ0) is 13.8. The molecule has 0 bridgehead atoms. The molecule has 112 valence electrons. The van der Waals surface area contributed by atoms with Gasteiger partial charge in [-0.05, 0) is 37.3 Å². The van der Waals surface area contributed by atoms with Crippen LogP contribution in [0, 0.1) is 5.92 Å². The van der Waals surface area contributed by atoms with E-state index < -0.39 is 0 Å². The van der Waals surface area contributed by atoms with Crippen molar-refractivity contribution in [2.24, 2.45) is 5.92 Å². The fourth-order valence-electron chi connectivity index (χ4n) is 3.85. The quantitative estimate of drug-likeness (QED) is 0.911. The number of aryl methyl sites for hydroxylation is 1. The molecule has 20 heavy (non-hydrogen) atoms. The highest BCUT2D eigenvalue weighted by Gasteiger charge is 2.30. The Kier molecular flexibility index (Phi) is 5.14. The minimum Gasteiger partial charge on any atom is -0.314 e. The maximum atomic E-state index is 3.63. The number of nitrogens with one attached hydrogen (secondary N) is 1. The van der Waals surface area contributed by atoms with E-state index in [4.69, 9.17) is 0 Å². The van der Waals surface area contributed by atoms with Crippen LogP contribution in [0.25, 0.3) is 0 Å². The van der Waals surface area contributed by atoms with Crippen LogP contribution in [0.1, 0.15) is 48.8 Å². The summed E-state index contributed by atoms with van der Waals surface area (Å²) in [4.78, 5) is 5.85. The van der Waals surface area contributed by atoms with Gasteiger partial charge in [0, 0.05) is 42.0 Å². The Balaban J connectivity index is 1.65. The number of hydrogen-bond acceptors (Lipinski definition) is 3. The number of hydrogen-bond donors (Lipinski definition) is 1. The van der Waals surface area contributed by atoms with Gasteiger partial charge in [-0.25, -0.2) is 0 Å². The molecule has 1 aromatic rings. The molecule has 2 fully saturated rings. The topological polar surface area (TPSA) is 15.3 Å². The second kappa shape index (κ2) is 7.06. The summed E-state index contributed by atoms with van der Waals surface area (Å²) < 4.78 is 0. The SMILES string of the molecule is CCc1ccc(CN2CCNCC2C2CCCCC2)s1. The van der Waals surface area contributed by atoms with E-state index in [9.17, 15) is 0 Å². The van der Waals surface area contributed by atoms with E-state index in [1.807, 2.05) is 11.3 Å². The summed E-state index contributed by atoms with van der Waals surface area (Å²) in [6.45, 7) is 7.02. The lowest BCUT2D eigenvalue weighted by molar-refractivity contribution is 0.0869. The third-order valence-corrected chi connectivity index (χ3v) is 6.23. The molecule has 2 nitrogen and oxygen atoms in total. The van der Waals surface area contributed by atoms with E-state index in [1.54, 1.807) is 4.88 Å². The van der Waals surface area contributed by atoms with Crippen molar-refractivity contribution in [3.8, 4) is 0 Å². The summed E-state index contributed by atoms with van der Waals surface area (Å²) in [5.41, 5.74) is 0. The van der Waals surface area contributed by atoms with Gasteiger partial charge in [0.15, 0.2) is 0 Å². The second-order valence-electron chi connectivity index (χ2n) is 6.36. The van der Waals surface area contributed by atoms with E-state index in [1.165, 1.54) is 63.0 Å². The Bertz CT molecular complexity index is 409. The van der Waals surface area contributed by atoms with Gasteiger partial charge < -0.3 is 5.32 Å². The molecule has 2 aliphatic rings. The molecular weight excluding hydrogens is 264 g/mol. The van der Waals surface area contributed by atoms with E-state index in [0.717, 1.165) is 18.5 Å². The lowest BCUT2D eigenvalue weighted by atomic mass is 9.82. The molecule has 1 unspecified atom stereocenters. The maximum Gasteiger partial charge on any atom is 0.0332 e. The van der Waals surface area contributed by atoms with Crippen LogP contribution in [-0.4, -0.2) is 30.6 Å². The van der Waals surface area contributed by atoms with Gasteiger partial charge in [-0.1, -0.05) is 26.2 Å². The summed E-state index contributed by atoms with van der Waals surface area (Å²) in [6, 6.07) is 5.44.